The number of likely N-dealkylation sites (N-methyl/N-ethyl adjacent to an activating group) is 3. The lowest BCUT2D eigenvalue weighted by molar-refractivity contribution is -0.122. The summed E-state index contributed by atoms with van der Waals surface area (Å²) in [5.41, 5.74) is 5.41. The number of hydrogen-bond acceptors (Lipinski definition) is 9. The summed E-state index contributed by atoms with van der Waals surface area (Å²) in [7, 11) is 2.10. The average Bonchev–Trinajstić information content (AvgIpc) is 2.94. The van der Waals surface area contributed by atoms with Gasteiger partial charge in [0.05, 0.1) is 0 Å². The molecule has 12 nitrogen and oxygen atoms in total. The van der Waals surface area contributed by atoms with Crippen molar-refractivity contribution in [1.82, 2.24) is 35.6 Å². The summed E-state index contributed by atoms with van der Waals surface area (Å²) >= 11 is 0. The SMILES string of the molecule is CCN(C)CCN(CC)CCC(=O)NCCN(CC)CCC(=O)NCCN(CCC(C)=O)CCC(=O)NCCN. The monoisotopic (exact) mass is 570 g/mol. The van der Waals surface area contributed by atoms with Gasteiger partial charge in [-0.05, 0) is 33.6 Å². The van der Waals surface area contributed by atoms with Crippen molar-refractivity contribution < 1.29 is 19.2 Å². The van der Waals surface area contributed by atoms with Gasteiger partial charge in [-0.3, -0.25) is 19.2 Å². The molecule has 5 N–H and O–H groups in total. The zero-order valence-corrected chi connectivity index (χ0v) is 25.9. The summed E-state index contributed by atoms with van der Waals surface area (Å²) in [6.07, 6.45) is 1.59. The maximum Gasteiger partial charge on any atom is 0.221 e. The Labute approximate surface area is 242 Å². The first-order valence-corrected chi connectivity index (χ1v) is 15.0. The molecule has 0 aliphatic rings. The molecule has 0 bridgehead atoms. The summed E-state index contributed by atoms with van der Waals surface area (Å²) in [5.74, 6) is 0.0396. The van der Waals surface area contributed by atoms with E-state index in [-0.39, 0.29) is 23.5 Å². The van der Waals surface area contributed by atoms with Gasteiger partial charge >= 0.3 is 0 Å². The molecule has 0 aliphatic carbocycles. The molecule has 3 amide bonds. The maximum absolute atomic E-state index is 12.4. The fourth-order valence-corrected chi connectivity index (χ4v) is 3.94. The molecule has 0 saturated carbocycles. The van der Waals surface area contributed by atoms with Gasteiger partial charge in [-0.25, -0.2) is 0 Å². The van der Waals surface area contributed by atoms with E-state index in [2.05, 4.69) is 51.5 Å². The number of carbonyl (C=O) groups excluding carboxylic acids is 4. The van der Waals surface area contributed by atoms with Gasteiger partial charge in [-0.15, -0.1) is 0 Å². The Kier molecular flexibility index (Phi) is 23.4. The van der Waals surface area contributed by atoms with Crippen molar-refractivity contribution in [1.29, 1.82) is 0 Å². The molecule has 12 heteroatoms. The number of rotatable bonds is 26. The number of nitrogens with two attached hydrogens (primary N) is 1. The van der Waals surface area contributed by atoms with Crippen molar-refractivity contribution >= 4 is 23.5 Å². The third-order valence-corrected chi connectivity index (χ3v) is 6.94. The van der Waals surface area contributed by atoms with Crippen LogP contribution in [0, 0.1) is 0 Å². The molecule has 0 rings (SSSR count). The van der Waals surface area contributed by atoms with Crippen LogP contribution in [0.15, 0.2) is 0 Å². The van der Waals surface area contributed by atoms with E-state index < -0.39 is 0 Å². The molecular formula is C28H58N8O4. The van der Waals surface area contributed by atoms with Gasteiger partial charge in [0.15, 0.2) is 0 Å². The Morgan fingerprint density at radius 1 is 0.550 bits per heavy atom. The first-order valence-electron chi connectivity index (χ1n) is 15.0. The predicted molar refractivity (Wildman–Crippen MR) is 161 cm³/mol. The quantitative estimate of drug-likeness (QED) is 0.107. The highest BCUT2D eigenvalue weighted by atomic mass is 16.2. The van der Waals surface area contributed by atoms with E-state index >= 15 is 0 Å². The Bertz CT molecular complexity index is 710. The van der Waals surface area contributed by atoms with Crippen LogP contribution in [0.1, 0.15) is 53.4 Å². The van der Waals surface area contributed by atoms with Gasteiger partial charge in [-0.1, -0.05) is 20.8 Å². The lowest BCUT2D eigenvalue weighted by Gasteiger charge is -2.24. The van der Waals surface area contributed by atoms with Crippen LogP contribution in [0.4, 0.5) is 0 Å². The van der Waals surface area contributed by atoms with E-state index in [9.17, 15) is 19.2 Å². The molecule has 0 aromatic rings. The molecule has 0 aromatic heterocycles. The summed E-state index contributed by atoms with van der Waals surface area (Å²) < 4.78 is 0. The van der Waals surface area contributed by atoms with Crippen LogP contribution in [-0.2, 0) is 19.2 Å². The maximum atomic E-state index is 12.4. The van der Waals surface area contributed by atoms with E-state index in [4.69, 9.17) is 5.73 Å². The third kappa shape index (κ3) is 21.7. The van der Waals surface area contributed by atoms with E-state index in [1.807, 2.05) is 11.8 Å². The molecule has 0 aromatic carbocycles. The minimum Gasteiger partial charge on any atom is -0.355 e. The molecule has 0 atom stereocenters. The zero-order valence-electron chi connectivity index (χ0n) is 25.9. The van der Waals surface area contributed by atoms with Gasteiger partial charge in [-0.2, -0.15) is 0 Å². The fraction of sp³-hybridized carbons (Fsp3) is 0.857. The normalized spacial score (nSPS) is 11.4. The van der Waals surface area contributed by atoms with E-state index in [1.54, 1.807) is 6.92 Å². The number of nitrogens with zero attached hydrogens (tertiary/aromatic N) is 4. The second kappa shape index (κ2) is 24.7. The van der Waals surface area contributed by atoms with Crippen molar-refractivity contribution in [3.63, 3.8) is 0 Å². The molecule has 0 aliphatic heterocycles. The summed E-state index contributed by atoms with van der Waals surface area (Å²) in [6.45, 7) is 18.1. The Balaban J connectivity index is 4.26. The molecule has 0 unspecified atom stereocenters. The highest BCUT2D eigenvalue weighted by Crippen LogP contribution is 1.97. The number of hydrogen-bond donors (Lipinski definition) is 4. The van der Waals surface area contributed by atoms with Gasteiger partial charge in [0.2, 0.25) is 17.7 Å². The molecule has 0 heterocycles. The summed E-state index contributed by atoms with van der Waals surface area (Å²) in [6, 6.07) is 0. The van der Waals surface area contributed by atoms with Crippen molar-refractivity contribution in [2.75, 3.05) is 105 Å². The topological polar surface area (TPSA) is 143 Å². The Morgan fingerprint density at radius 3 is 1.43 bits per heavy atom. The number of amides is 3. The standard InChI is InChI=1S/C28H58N8O4/c1-6-33(5)23-24-35(8-3)19-11-28(40)31-15-21-34(7-2)18-10-27(39)32-16-22-36(17-9-25(4)37)20-12-26(38)30-14-13-29/h6-24,29H2,1-5H3,(H,30,38)(H,31,40)(H,32,39). The number of carbonyl (C=O) groups is 4. The van der Waals surface area contributed by atoms with Crippen LogP contribution < -0.4 is 21.7 Å². The first-order chi connectivity index (χ1) is 19.1. The van der Waals surface area contributed by atoms with Gasteiger partial charge in [0.1, 0.15) is 5.78 Å². The van der Waals surface area contributed by atoms with Gasteiger partial charge in [0.25, 0.3) is 0 Å². The predicted octanol–water partition coefficient (Wildman–Crippen LogP) is -0.659. The molecule has 40 heavy (non-hydrogen) atoms. The zero-order chi connectivity index (χ0) is 30.2. The van der Waals surface area contributed by atoms with Crippen molar-refractivity contribution in [3.8, 4) is 0 Å². The second-order valence-corrected chi connectivity index (χ2v) is 10.1. The summed E-state index contributed by atoms with van der Waals surface area (Å²) in [5, 5.41) is 8.69. The van der Waals surface area contributed by atoms with Gasteiger partial charge < -0.3 is 41.3 Å². The molecule has 0 fully saturated rings. The Hall–Kier alpha value is -2.12. The fourth-order valence-electron chi connectivity index (χ4n) is 3.94. The molecule has 234 valence electrons. The van der Waals surface area contributed by atoms with Crippen molar-refractivity contribution in [3.05, 3.63) is 0 Å². The van der Waals surface area contributed by atoms with Gasteiger partial charge in [0, 0.05) is 104 Å². The van der Waals surface area contributed by atoms with Crippen LogP contribution in [0.5, 0.6) is 0 Å². The molecule has 0 spiro atoms. The largest absolute Gasteiger partial charge is 0.355 e. The minimum atomic E-state index is -0.0727. The van der Waals surface area contributed by atoms with E-state index in [0.717, 1.165) is 39.3 Å². The van der Waals surface area contributed by atoms with E-state index in [1.165, 1.54) is 0 Å². The third-order valence-electron chi connectivity index (χ3n) is 6.94. The minimum absolute atomic E-state index is 0.0388. The summed E-state index contributed by atoms with van der Waals surface area (Å²) in [4.78, 5) is 56.7. The lowest BCUT2D eigenvalue weighted by Crippen LogP contribution is -2.40. The molecule has 0 radical (unpaired) electrons. The number of ketones is 1. The van der Waals surface area contributed by atoms with Crippen LogP contribution >= 0.6 is 0 Å². The molecular weight excluding hydrogens is 512 g/mol. The van der Waals surface area contributed by atoms with Crippen LogP contribution in [0.3, 0.4) is 0 Å². The van der Waals surface area contributed by atoms with Crippen LogP contribution in [0.25, 0.3) is 0 Å². The van der Waals surface area contributed by atoms with Crippen molar-refractivity contribution in [2.24, 2.45) is 5.73 Å². The highest BCUT2D eigenvalue weighted by molar-refractivity contribution is 5.77. The number of Topliss-reactive ketones (excluding diaryl/α,β-unsaturated/α-hetero) is 1. The Morgan fingerprint density at radius 2 is 0.975 bits per heavy atom. The van der Waals surface area contributed by atoms with Crippen molar-refractivity contribution in [2.45, 2.75) is 53.4 Å². The van der Waals surface area contributed by atoms with E-state index in [0.29, 0.717) is 84.6 Å². The highest BCUT2D eigenvalue weighted by Gasteiger charge is 2.12. The average molecular weight is 571 g/mol. The van der Waals surface area contributed by atoms with Crippen LogP contribution in [0.2, 0.25) is 0 Å². The van der Waals surface area contributed by atoms with Crippen LogP contribution in [-0.4, -0.2) is 148 Å². The molecule has 0 saturated heterocycles. The smallest absolute Gasteiger partial charge is 0.221 e. The first kappa shape index (κ1) is 37.9. The lowest BCUT2D eigenvalue weighted by atomic mass is 10.2. The number of nitrogens with one attached hydrogen (secondary N) is 3. The second-order valence-electron chi connectivity index (χ2n) is 10.1.